The molecule has 7 nitrogen and oxygen atoms in total. The van der Waals surface area contributed by atoms with E-state index >= 15 is 0 Å². The van der Waals surface area contributed by atoms with E-state index in [2.05, 4.69) is 15.6 Å². The predicted octanol–water partition coefficient (Wildman–Crippen LogP) is 4.33. The van der Waals surface area contributed by atoms with Crippen molar-refractivity contribution in [1.29, 1.82) is 0 Å². The number of piperazine rings is 1. The Hall–Kier alpha value is -3.82. The Labute approximate surface area is 200 Å². The number of hydrogen-bond acceptors (Lipinski definition) is 6. The lowest BCUT2D eigenvalue weighted by atomic mass is 10.0. The quantitative estimate of drug-likeness (QED) is 0.383. The number of nitrogens with two attached hydrogens (primary N) is 1. The molecule has 0 radical (unpaired) electrons. The highest BCUT2D eigenvalue weighted by molar-refractivity contribution is 5.95. The summed E-state index contributed by atoms with van der Waals surface area (Å²) in [5, 5.41) is 6.30. The van der Waals surface area contributed by atoms with Crippen LogP contribution in [0, 0.1) is 18.6 Å². The van der Waals surface area contributed by atoms with Crippen LogP contribution >= 0.6 is 0 Å². The normalized spacial score (nSPS) is 14.4. The summed E-state index contributed by atoms with van der Waals surface area (Å²) in [4.78, 5) is 17.9. The maximum atomic E-state index is 15.0. The minimum atomic E-state index is -0.585. The van der Waals surface area contributed by atoms with Gasteiger partial charge in [0.1, 0.15) is 17.2 Å². The largest absolute Gasteiger partial charge is 0.423 e. The Bertz CT molecular complexity index is 1390. The molecule has 2 heterocycles. The van der Waals surface area contributed by atoms with E-state index in [9.17, 15) is 13.6 Å². The maximum Gasteiger partial charge on any atom is 0.300 e. The van der Waals surface area contributed by atoms with E-state index in [1.165, 1.54) is 12.1 Å². The molecule has 0 atom stereocenters. The van der Waals surface area contributed by atoms with Crippen LogP contribution in [-0.2, 0) is 6.54 Å². The number of amides is 1. The lowest BCUT2D eigenvalue weighted by Gasteiger charge is -2.27. The SMILES string of the molecule is Cc1cc(Nc2nc3cccc(-c4cc(F)c(CN5CCNCC5)c(F)c4)c3o2)ccc1C(N)=O. The highest BCUT2D eigenvalue weighted by Crippen LogP contribution is 2.33. The highest BCUT2D eigenvalue weighted by Gasteiger charge is 2.19. The van der Waals surface area contributed by atoms with Gasteiger partial charge in [0, 0.05) is 55.1 Å². The molecule has 1 aliphatic heterocycles. The molecule has 3 aromatic carbocycles. The van der Waals surface area contributed by atoms with E-state index in [-0.39, 0.29) is 18.1 Å². The van der Waals surface area contributed by atoms with Crippen molar-refractivity contribution in [1.82, 2.24) is 15.2 Å². The monoisotopic (exact) mass is 477 g/mol. The van der Waals surface area contributed by atoms with E-state index in [1.807, 2.05) is 4.90 Å². The second-order valence-corrected chi connectivity index (χ2v) is 8.64. The van der Waals surface area contributed by atoms with Gasteiger partial charge >= 0.3 is 0 Å². The number of benzene rings is 3. The number of halogens is 2. The van der Waals surface area contributed by atoms with Gasteiger partial charge in [-0.25, -0.2) is 8.78 Å². The number of carbonyl (C=O) groups excluding carboxylic acids is 1. The van der Waals surface area contributed by atoms with Crippen LogP contribution < -0.4 is 16.4 Å². The van der Waals surface area contributed by atoms with Gasteiger partial charge in [-0.05, 0) is 54.4 Å². The number of hydrogen-bond donors (Lipinski definition) is 3. The molecule has 0 unspecified atom stereocenters. The van der Waals surface area contributed by atoms with Crippen molar-refractivity contribution < 1.29 is 18.0 Å². The van der Waals surface area contributed by atoms with Crippen molar-refractivity contribution in [2.45, 2.75) is 13.5 Å². The van der Waals surface area contributed by atoms with Crippen LogP contribution in [0.2, 0.25) is 0 Å². The van der Waals surface area contributed by atoms with Crippen LogP contribution in [0.5, 0.6) is 0 Å². The molecule has 1 saturated heterocycles. The fourth-order valence-corrected chi connectivity index (χ4v) is 4.37. The number of anilines is 2. The zero-order valence-electron chi connectivity index (χ0n) is 19.2. The van der Waals surface area contributed by atoms with Crippen molar-refractivity contribution in [3.63, 3.8) is 0 Å². The number of aromatic nitrogens is 1. The molecule has 1 aromatic heterocycles. The number of aryl methyl sites for hydroxylation is 1. The topological polar surface area (TPSA) is 96.4 Å². The number of para-hydroxylation sites is 1. The van der Waals surface area contributed by atoms with Gasteiger partial charge in [-0.3, -0.25) is 9.69 Å². The van der Waals surface area contributed by atoms with Gasteiger partial charge in [0.15, 0.2) is 5.58 Å². The Morgan fingerprint density at radius 2 is 1.89 bits per heavy atom. The number of nitrogens with one attached hydrogen (secondary N) is 2. The van der Waals surface area contributed by atoms with E-state index in [1.54, 1.807) is 43.3 Å². The fourth-order valence-electron chi connectivity index (χ4n) is 4.37. The van der Waals surface area contributed by atoms with Crippen LogP contribution in [0.1, 0.15) is 21.5 Å². The number of nitrogens with zero attached hydrogens (tertiary/aromatic N) is 2. The summed E-state index contributed by atoms with van der Waals surface area (Å²) in [6, 6.07) is 13.3. The van der Waals surface area contributed by atoms with Crippen LogP contribution in [0.3, 0.4) is 0 Å². The molecule has 0 saturated carbocycles. The number of primary amides is 1. The van der Waals surface area contributed by atoms with E-state index in [0.29, 0.717) is 39.0 Å². The zero-order chi connectivity index (χ0) is 24.5. The zero-order valence-corrected chi connectivity index (χ0v) is 19.2. The van der Waals surface area contributed by atoms with Gasteiger partial charge in [-0.2, -0.15) is 4.98 Å². The molecular weight excluding hydrogens is 452 g/mol. The minimum Gasteiger partial charge on any atom is -0.423 e. The molecule has 9 heteroatoms. The Balaban J connectivity index is 1.44. The molecular formula is C26H25F2N5O2. The predicted molar refractivity (Wildman–Crippen MR) is 130 cm³/mol. The minimum absolute atomic E-state index is 0.0672. The third kappa shape index (κ3) is 4.73. The summed E-state index contributed by atoms with van der Waals surface area (Å²) < 4.78 is 35.9. The van der Waals surface area contributed by atoms with Crippen LogP contribution in [0.15, 0.2) is 52.9 Å². The van der Waals surface area contributed by atoms with Gasteiger partial charge in [0.2, 0.25) is 5.91 Å². The van der Waals surface area contributed by atoms with Crippen molar-refractivity contribution in [2.24, 2.45) is 5.73 Å². The highest BCUT2D eigenvalue weighted by atomic mass is 19.1. The summed E-state index contributed by atoms with van der Waals surface area (Å²) in [6.45, 7) is 5.12. The molecule has 4 N–H and O–H groups in total. The number of fused-ring (bicyclic) bond motifs is 1. The van der Waals surface area contributed by atoms with Crippen molar-refractivity contribution in [2.75, 3.05) is 31.5 Å². The van der Waals surface area contributed by atoms with E-state index in [4.69, 9.17) is 10.2 Å². The number of carbonyl (C=O) groups is 1. The first kappa shape index (κ1) is 22.9. The van der Waals surface area contributed by atoms with E-state index in [0.717, 1.165) is 26.2 Å². The first-order valence-corrected chi connectivity index (χ1v) is 11.4. The molecule has 5 rings (SSSR count). The average molecular weight is 478 g/mol. The molecule has 1 amide bonds. The van der Waals surface area contributed by atoms with Crippen LogP contribution in [-0.4, -0.2) is 42.0 Å². The standard InChI is InChI=1S/C26H25F2N5O2/c1-15-11-17(5-6-18(15)25(29)34)31-26-32-23-4-2-3-19(24(23)35-26)16-12-21(27)20(22(28)13-16)14-33-9-7-30-8-10-33/h2-6,11-13,30H,7-10,14H2,1H3,(H2,29,34)(H,31,32). The average Bonchev–Trinajstić information content (AvgIpc) is 3.24. The van der Waals surface area contributed by atoms with Crippen LogP contribution in [0.4, 0.5) is 20.5 Å². The maximum absolute atomic E-state index is 15.0. The number of oxazole rings is 1. The molecule has 0 bridgehead atoms. The summed E-state index contributed by atoms with van der Waals surface area (Å²) in [7, 11) is 0. The first-order chi connectivity index (χ1) is 16.9. The summed E-state index contributed by atoms with van der Waals surface area (Å²) in [5.74, 6) is -1.67. The second kappa shape index (κ2) is 9.44. The lowest BCUT2D eigenvalue weighted by molar-refractivity contribution is 0.0999. The third-order valence-electron chi connectivity index (χ3n) is 6.20. The van der Waals surface area contributed by atoms with Gasteiger partial charge in [-0.1, -0.05) is 12.1 Å². The van der Waals surface area contributed by atoms with Gasteiger partial charge in [-0.15, -0.1) is 0 Å². The summed E-state index contributed by atoms with van der Waals surface area (Å²) >= 11 is 0. The molecule has 35 heavy (non-hydrogen) atoms. The smallest absolute Gasteiger partial charge is 0.300 e. The molecule has 4 aromatic rings. The first-order valence-electron chi connectivity index (χ1n) is 11.4. The molecule has 1 fully saturated rings. The third-order valence-corrected chi connectivity index (χ3v) is 6.20. The molecule has 180 valence electrons. The Morgan fingerprint density at radius 3 is 2.57 bits per heavy atom. The van der Waals surface area contributed by atoms with Crippen LogP contribution in [0.25, 0.3) is 22.2 Å². The van der Waals surface area contributed by atoms with E-state index < -0.39 is 17.5 Å². The summed E-state index contributed by atoms with van der Waals surface area (Å²) in [6.07, 6.45) is 0. The van der Waals surface area contributed by atoms with Crippen molar-refractivity contribution in [3.8, 4) is 11.1 Å². The molecule has 1 aliphatic rings. The fraction of sp³-hybridized carbons (Fsp3) is 0.231. The lowest BCUT2D eigenvalue weighted by Crippen LogP contribution is -2.43. The van der Waals surface area contributed by atoms with Crippen molar-refractivity contribution >= 4 is 28.7 Å². The second-order valence-electron chi connectivity index (χ2n) is 8.64. The number of rotatable bonds is 6. The Morgan fingerprint density at radius 1 is 1.14 bits per heavy atom. The molecule has 0 aliphatic carbocycles. The Kier molecular flexibility index (Phi) is 6.19. The van der Waals surface area contributed by atoms with Gasteiger partial charge in [0.05, 0.1) is 0 Å². The van der Waals surface area contributed by atoms with Gasteiger partial charge in [0.25, 0.3) is 6.01 Å². The van der Waals surface area contributed by atoms with Crippen molar-refractivity contribution in [3.05, 3.63) is 76.9 Å². The molecule has 0 spiro atoms. The van der Waals surface area contributed by atoms with Gasteiger partial charge < -0.3 is 20.8 Å². The summed E-state index contributed by atoms with van der Waals surface area (Å²) in [5.41, 5.74) is 9.11.